The fourth-order valence-electron chi connectivity index (χ4n) is 2.74. The SMILES string of the molecule is COc1ccc(-c2cnc(CNCCc3ccc(OC)c(OC)c3)s2)cc1. The number of hydrogen-bond donors (Lipinski definition) is 1. The van der Waals surface area contributed by atoms with Crippen LogP contribution in [0.15, 0.2) is 48.7 Å². The molecule has 1 aromatic heterocycles. The first-order chi connectivity index (χ1) is 13.2. The molecule has 27 heavy (non-hydrogen) atoms. The Labute approximate surface area is 163 Å². The molecule has 1 N–H and O–H groups in total. The summed E-state index contributed by atoms with van der Waals surface area (Å²) in [4.78, 5) is 5.68. The molecule has 0 aliphatic carbocycles. The van der Waals surface area contributed by atoms with Gasteiger partial charge in [0.1, 0.15) is 10.8 Å². The van der Waals surface area contributed by atoms with Gasteiger partial charge in [0.25, 0.3) is 0 Å². The van der Waals surface area contributed by atoms with Crippen molar-refractivity contribution in [3.8, 4) is 27.7 Å². The standard InChI is InChI=1S/C21H24N2O3S/c1-24-17-7-5-16(6-8-17)20-13-23-21(27-20)14-22-11-10-15-4-9-18(25-2)19(12-15)26-3/h4-9,12-13,22H,10-11,14H2,1-3H3. The van der Waals surface area contributed by atoms with Crippen molar-refractivity contribution in [2.45, 2.75) is 13.0 Å². The van der Waals surface area contributed by atoms with Crippen molar-refractivity contribution in [3.05, 3.63) is 59.2 Å². The van der Waals surface area contributed by atoms with Gasteiger partial charge in [-0.05, 0) is 60.5 Å². The van der Waals surface area contributed by atoms with Crippen LogP contribution >= 0.6 is 11.3 Å². The van der Waals surface area contributed by atoms with Gasteiger partial charge in [0.15, 0.2) is 11.5 Å². The van der Waals surface area contributed by atoms with Gasteiger partial charge >= 0.3 is 0 Å². The van der Waals surface area contributed by atoms with E-state index in [1.807, 2.05) is 30.5 Å². The van der Waals surface area contributed by atoms with E-state index in [1.54, 1.807) is 32.7 Å². The number of thiazole rings is 1. The fourth-order valence-corrected chi connectivity index (χ4v) is 3.64. The molecule has 2 aromatic carbocycles. The molecule has 1 heterocycles. The van der Waals surface area contributed by atoms with Crippen LogP contribution in [0.5, 0.6) is 17.2 Å². The van der Waals surface area contributed by atoms with Crippen molar-refractivity contribution in [1.29, 1.82) is 0 Å². The lowest BCUT2D eigenvalue weighted by Gasteiger charge is -2.09. The summed E-state index contributed by atoms with van der Waals surface area (Å²) in [5.41, 5.74) is 2.36. The van der Waals surface area contributed by atoms with Gasteiger partial charge in [-0.2, -0.15) is 0 Å². The molecule has 0 bridgehead atoms. The average Bonchev–Trinajstić information content (AvgIpc) is 3.20. The zero-order chi connectivity index (χ0) is 19.1. The normalized spacial score (nSPS) is 10.6. The molecule has 0 fully saturated rings. The number of methoxy groups -OCH3 is 3. The third-order valence-corrected chi connectivity index (χ3v) is 5.29. The third kappa shape index (κ3) is 4.99. The van der Waals surface area contributed by atoms with E-state index in [2.05, 4.69) is 28.5 Å². The molecule has 0 aliphatic heterocycles. The summed E-state index contributed by atoms with van der Waals surface area (Å²) in [7, 11) is 4.98. The Hall–Kier alpha value is -2.57. The lowest BCUT2D eigenvalue weighted by molar-refractivity contribution is 0.354. The van der Waals surface area contributed by atoms with E-state index in [4.69, 9.17) is 14.2 Å². The Bertz CT molecular complexity index is 862. The van der Waals surface area contributed by atoms with Gasteiger partial charge < -0.3 is 19.5 Å². The first-order valence-electron chi connectivity index (χ1n) is 8.74. The zero-order valence-electron chi connectivity index (χ0n) is 15.8. The first kappa shape index (κ1) is 19.2. The van der Waals surface area contributed by atoms with Crippen molar-refractivity contribution in [1.82, 2.24) is 10.3 Å². The summed E-state index contributed by atoms with van der Waals surface area (Å²) in [6.07, 6.45) is 2.84. The maximum absolute atomic E-state index is 5.35. The summed E-state index contributed by atoms with van der Waals surface area (Å²) < 4.78 is 15.8. The number of nitrogens with zero attached hydrogens (tertiary/aromatic N) is 1. The number of hydrogen-bond acceptors (Lipinski definition) is 6. The Morgan fingerprint density at radius 2 is 1.70 bits per heavy atom. The molecule has 142 valence electrons. The smallest absolute Gasteiger partial charge is 0.160 e. The molecule has 0 spiro atoms. The molecular formula is C21H24N2O3S. The van der Waals surface area contributed by atoms with Crippen LogP contribution < -0.4 is 19.5 Å². The minimum Gasteiger partial charge on any atom is -0.497 e. The average molecular weight is 385 g/mol. The number of nitrogens with one attached hydrogen (secondary N) is 1. The van der Waals surface area contributed by atoms with Crippen molar-refractivity contribution in [2.75, 3.05) is 27.9 Å². The van der Waals surface area contributed by atoms with E-state index < -0.39 is 0 Å². The fraction of sp³-hybridized carbons (Fsp3) is 0.286. The molecular weight excluding hydrogens is 360 g/mol. The van der Waals surface area contributed by atoms with Crippen molar-refractivity contribution in [2.24, 2.45) is 0 Å². The predicted octanol–water partition coefficient (Wildman–Crippen LogP) is 4.17. The maximum atomic E-state index is 5.35. The molecule has 0 saturated heterocycles. The molecule has 0 unspecified atom stereocenters. The maximum Gasteiger partial charge on any atom is 0.160 e. The van der Waals surface area contributed by atoms with E-state index in [9.17, 15) is 0 Å². The third-order valence-electron chi connectivity index (χ3n) is 4.24. The minimum absolute atomic E-state index is 0.753. The molecule has 0 amide bonds. The number of ether oxygens (including phenoxy) is 3. The van der Waals surface area contributed by atoms with E-state index in [0.29, 0.717) is 0 Å². The molecule has 3 rings (SSSR count). The largest absolute Gasteiger partial charge is 0.497 e. The van der Waals surface area contributed by atoms with Gasteiger partial charge in [0.2, 0.25) is 0 Å². The van der Waals surface area contributed by atoms with Crippen LogP contribution in [0.25, 0.3) is 10.4 Å². The summed E-state index contributed by atoms with van der Waals surface area (Å²) in [6.45, 7) is 1.63. The highest BCUT2D eigenvalue weighted by atomic mass is 32.1. The van der Waals surface area contributed by atoms with Crippen molar-refractivity contribution >= 4 is 11.3 Å². The van der Waals surface area contributed by atoms with Crippen molar-refractivity contribution in [3.63, 3.8) is 0 Å². The van der Waals surface area contributed by atoms with Crippen LogP contribution in [0.4, 0.5) is 0 Å². The highest BCUT2D eigenvalue weighted by Gasteiger charge is 2.06. The first-order valence-corrected chi connectivity index (χ1v) is 9.56. The van der Waals surface area contributed by atoms with E-state index in [0.717, 1.165) is 52.2 Å². The van der Waals surface area contributed by atoms with Crippen LogP contribution in [-0.2, 0) is 13.0 Å². The van der Waals surface area contributed by atoms with Crippen LogP contribution in [0, 0.1) is 0 Å². The second-order valence-corrected chi connectivity index (χ2v) is 7.08. The molecule has 0 atom stereocenters. The zero-order valence-corrected chi connectivity index (χ0v) is 16.6. The van der Waals surface area contributed by atoms with Gasteiger partial charge in [-0.3, -0.25) is 0 Å². The second kappa shape index (κ2) is 9.39. The molecule has 6 heteroatoms. The Balaban J connectivity index is 1.50. The summed E-state index contributed by atoms with van der Waals surface area (Å²) in [6, 6.07) is 14.1. The monoisotopic (exact) mass is 384 g/mol. The van der Waals surface area contributed by atoms with E-state index in [-0.39, 0.29) is 0 Å². The van der Waals surface area contributed by atoms with Crippen LogP contribution in [0.2, 0.25) is 0 Å². The predicted molar refractivity (Wildman–Crippen MR) is 109 cm³/mol. The van der Waals surface area contributed by atoms with Gasteiger partial charge in [-0.25, -0.2) is 4.98 Å². The second-order valence-electron chi connectivity index (χ2n) is 5.96. The van der Waals surface area contributed by atoms with Gasteiger partial charge in [0.05, 0.1) is 26.2 Å². The number of rotatable bonds is 9. The summed E-state index contributed by atoms with van der Waals surface area (Å²) in [5.74, 6) is 2.38. The number of aromatic nitrogens is 1. The summed E-state index contributed by atoms with van der Waals surface area (Å²) in [5, 5.41) is 4.53. The Morgan fingerprint density at radius 1 is 0.926 bits per heavy atom. The van der Waals surface area contributed by atoms with E-state index >= 15 is 0 Å². The van der Waals surface area contributed by atoms with Gasteiger partial charge in [-0.15, -0.1) is 11.3 Å². The highest BCUT2D eigenvalue weighted by Crippen LogP contribution is 2.28. The Morgan fingerprint density at radius 3 is 2.41 bits per heavy atom. The van der Waals surface area contributed by atoms with E-state index in [1.165, 1.54) is 5.56 Å². The molecule has 0 saturated carbocycles. The molecule has 3 aromatic rings. The Kier molecular flexibility index (Phi) is 6.68. The quantitative estimate of drug-likeness (QED) is 0.561. The van der Waals surface area contributed by atoms with Crippen LogP contribution in [0.3, 0.4) is 0 Å². The lowest BCUT2D eigenvalue weighted by Crippen LogP contribution is -2.16. The van der Waals surface area contributed by atoms with Gasteiger partial charge in [-0.1, -0.05) is 6.07 Å². The van der Waals surface area contributed by atoms with Crippen molar-refractivity contribution < 1.29 is 14.2 Å². The molecule has 0 aliphatic rings. The van der Waals surface area contributed by atoms with Crippen LogP contribution in [0.1, 0.15) is 10.6 Å². The van der Waals surface area contributed by atoms with Crippen LogP contribution in [-0.4, -0.2) is 32.9 Å². The lowest BCUT2D eigenvalue weighted by atomic mass is 10.1. The minimum atomic E-state index is 0.753. The van der Waals surface area contributed by atoms with Gasteiger partial charge in [0, 0.05) is 12.7 Å². The summed E-state index contributed by atoms with van der Waals surface area (Å²) >= 11 is 1.71. The molecule has 5 nitrogen and oxygen atoms in total. The molecule has 0 radical (unpaired) electrons. The topological polar surface area (TPSA) is 52.6 Å². The highest BCUT2D eigenvalue weighted by molar-refractivity contribution is 7.15. The number of benzene rings is 2.